The Morgan fingerprint density at radius 3 is 2.56 bits per heavy atom. The van der Waals surface area contributed by atoms with Crippen LogP contribution in [0, 0.1) is 19.8 Å². The topological polar surface area (TPSA) is 106 Å². The number of primary amides is 1. The molecule has 0 radical (unpaired) electrons. The molecule has 0 saturated carbocycles. The monoisotopic (exact) mass is 484 g/mol. The molecule has 2 aliphatic heterocycles. The van der Waals surface area contributed by atoms with Crippen LogP contribution >= 0.6 is 11.3 Å². The summed E-state index contributed by atoms with van der Waals surface area (Å²) in [6.07, 6.45) is 3.12. The van der Waals surface area contributed by atoms with Crippen molar-refractivity contribution < 1.29 is 19.1 Å². The van der Waals surface area contributed by atoms with E-state index < -0.39 is 0 Å². The van der Waals surface area contributed by atoms with Crippen molar-refractivity contribution in [2.75, 3.05) is 32.8 Å². The number of aromatic nitrogens is 1. The molecule has 2 aromatic rings. The predicted octanol–water partition coefficient (Wildman–Crippen LogP) is 2.88. The summed E-state index contributed by atoms with van der Waals surface area (Å²) < 4.78 is 5.71. The Morgan fingerprint density at radius 2 is 1.85 bits per heavy atom. The molecule has 2 fully saturated rings. The molecule has 1 aromatic heterocycles. The first-order valence-corrected chi connectivity index (χ1v) is 12.7. The van der Waals surface area contributed by atoms with Gasteiger partial charge in [-0.1, -0.05) is 6.07 Å². The molecule has 9 heteroatoms. The van der Waals surface area contributed by atoms with Crippen LogP contribution in [0.25, 0.3) is 0 Å². The number of aryl methyl sites for hydroxylation is 2. The molecule has 3 amide bonds. The van der Waals surface area contributed by atoms with Gasteiger partial charge in [-0.15, -0.1) is 11.3 Å². The summed E-state index contributed by atoms with van der Waals surface area (Å²) >= 11 is 1.50. The molecule has 0 spiro atoms. The fraction of sp³-hybridized carbons (Fsp3) is 0.520. The van der Waals surface area contributed by atoms with Gasteiger partial charge < -0.3 is 20.3 Å². The molecule has 1 atom stereocenters. The molecular weight excluding hydrogens is 452 g/mol. The van der Waals surface area contributed by atoms with E-state index in [0.717, 1.165) is 36.3 Å². The highest BCUT2D eigenvalue weighted by atomic mass is 32.1. The molecule has 3 heterocycles. The fourth-order valence-corrected chi connectivity index (χ4v) is 5.51. The van der Waals surface area contributed by atoms with Crippen LogP contribution in [-0.4, -0.2) is 65.3 Å². The number of hydrogen-bond acceptors (Lipinski definition) is 6. The van der Waals surface area contributed by atoms with Crippen molar-refractivity contribution in [1.82, 2.24) is 14.8 Å². The maximum absolute atomic E-state index is 12.9. The smallest absolute Gasteiger partial charge is 0.273 e. The zero-order valence-corrected chi connectivity index (χ0v) is 20.6. The van der Waals surface area contributed by atoms with Crippen molar-refractivity contribution in [2.45, 2.75) is 45.4 Å². The number of carbonyl (C=O) groups is 3. The zero-order valence-electron chi connectivity index (χ0n) is 19.8. The summed E-state index contributed by atoms with van der Waals surface area (Å²) in [7, 11) is 0. The molecule has 2 saturated heterocycles. The maximum Gasteiger partial charge on any atom is 0.273 e. The van der Waals surface area contributed by atoms with Crippen LogP contribution in [0.3, 0.4) is 0 Å². The second-order valence-electron chi connectivity index (χ2n) is 9.25. The number of piperidine rings is 2. The van der Waals surface area contributed by atoms with E-state index in [1.165, 1.54) is 16.9 Å². The number of nitrogens with two attached hydrogens (primary N) is 1. The Balaban J connectivity index is 1.27. The van der Waals surface area contributed by atoms with Gasteiger partial charge in [0.05, 0.1) is 10.9 Å². The summed E-state index contributed by atoms with van der Waals surface area (Å²) in [5.41, 5.74) is 8.20. The largest absolute Gasteiger partial charge is 0.484 e. The standard InChI is InChI=1S/C25H32N4O4S/c1-16-5-6-20(12-17(16)2)33-14-22(30)28-10-7-18(8-11-28)24-27-21(15-34-24)25(32)29-9-3-4-19(13-29)23(26)31/h5-6,12,15,18-19H,3-4,7-11,13-14H2,1-2H3,(H2,26,31). The first kappa shape index (κ1) is 24.2. The lowest BCUT2D eigenvalue weighted by Crippen LogP contribution is -2.44. The Kier molecular flexibility index (Phi) is 7.50. The maximum atomic E-state index is 12.9. The van der Waals surface area contributed by atoms with Gasteiger partial charge in [0.1, 0.15) is 11.4 Å². The highest BCUT2D eigenvalue weighted by molar-refractivity contribution is 7.09. The fourth-order valence-electron chi connectivity index (χ4n) is 4.55. The summed E-state index contributed by atoms with van der Waals surface area (Å²) in [4.78, 5) is 45.2. The third kappa shape index (κ3) is 5.58. The van der Waals surface area contributed by atoms with Crippen molar-refractivity contribution in [3.05, 3.63) is 45.4 Å². The van der Waals surface area contributed by atoms with E-state index in [2.05, 4.69) is 4.98 Å². The third-order valence-electron chi connectivity index (χ3n) is 6.89. The lowest BCUT2D eigenvalue weighted by atomic mass is 9.97. The lowest BCUT2D eigenvalue weighted by molar-refractivity contribution is -0.134. The van der Waals surface area contributed by atoms with Crippen LogP contribution in [0.5, 0.6) is 5.75 Å². The molecular formula is C25H32N4O4S. The van der Waals surface area contributed by atoms with Crippen LogP contribution in [0.1, 0.15) is 58.2 Å². The number of amides is 3. The molecule has 4 rings (SSSR count). The third-order valence-corrected chi connectivity index (χ3v) is 7.90. The number of hydrogen-bond donors (Lipinski definition) is 1. The summed E-state index contributed by atoms with van der Waals surface area (Å²) in [6, 6.07) is 5.84. The number of carbonyl (C=O) groups excluding carboxylic acids is 3. The van der Waals surface area contributed by atoms with E-state index in [-0.39, 0.29) is 36.2 Å². The van der Waals surface area contributed by atoms with Gasteiger partial charge in [0.2, 0.25) is 5.91 Å². The van der Waals surface area contributed by atoms with Crippen molar-refractivity contribution in [1.29, 1.82) is 0 Å². The Hall–Kier alpha value is -2.94. The second kappa shape index (κ2) is 10.5. The average molecular weight is 485 g/mol. The Morgan fingerprint density at radius 1 is 1.09 bits per heavy atom. The van der Waals surface area contributed by atoms with Crippen LogP contribution in [0.15, 0.2) is 23.6 Å². The minimum atomic E-state index is -0.350. The molecule has 182 valence electrons. The van der Waals surface area contributed by atoms with Crippen molar-refractivity contribution in [3.8, 4) is 5.75 Å². The average Bonchev–Trinajstić information content (AvgIpc) is 3.34. The molecule has 0 bridgehead atoms. The predicted molar refractivity (Wildman–Crippen MR) is 130 cm³/mol. The van der Waals surface area contributed by atoms with E-state index in [0.29, 0.717) is 37.6 Å². The van der Waals surface area contributed by atoms with Gasteiger partial charge >= 0.3 is 0 Å². The number of thiazole rings is 1. The second-order valence-corrected chi connectivity index (χ2v) is 10.1. The zero-order chi connectivity index (χ0) is 24.2. The normalized spacial score (nSPS) is 19.2. The van der Waals surface area contributed by atoms with Gasteiger partial charge in [0.15, 0.2) is 6.61 Å². The van der Waals surface area contributed by atoms with Crippen molar-refractivity contribution in [3.63, 3.8) is 0 Å². The molecule has 1 unspecified atom stereocenters. The number of nitrogens with zero attached hydrogens (tertiary/aromatic N) is 3. The highest BCUT2D eigenvalue weighted by Crippen LogP contribution is 2.31. The molecule has 1 aromatic carbocycles. The van der Waals surface area contributed by atoms with Crippen LogP contribution in [0.4, 0.5) is 0 Å². The summed E-state index contributed by atoms with van der Waals surface area (Å²) in [5, 5.41) is 2.74. The van der Waals surface area contributed by atoms with Gasteiger partial charge in [-0.25, -0.2) is 4.98 Å². The first-order valence-electron chi connectivity index (χ1n) is 11.8. The molecule has 2 N–H and O–H groups in total. The minimum Gasteiger partial charge on any atom is -0.484 e. The lowest BCUT2D eigenvalue weighted by Gasteiger charge is -2.31. The van der Waals surface area contributed by atoms with Crippen molar-refractivity contribution >= 4 is 29.1 Å². The van der Waals surface area contributed by atoms with Gasteiger partial charge in [0, 0.05) is 37.5 Å². The minimum absolute atomic E-state index is 0.0132. The van der Waals surface area contributed by atoms with Crippen LogP contribution in [-0.2, 0) is 9.59 Å². The van der Waals surface area contributed by atoms with Gasteiger partial charge in [0.25, 0.3) is 11.8 Å². The quantitative estimate of drug-likeness (QED) is 0.679. The van der Waals surface area contributed by atoms with Gasteiger partial charge in [-0.2, -0.15) is 0 Å². The number of likely N-dealkylation sites (tertiary alicyclic amines) is 2. The molecule has 8 nitrogen and oxygen atoms in total. The molecule has 34 heavy (non-hydrogen) atoms. The van der Waals surface area contributed by atoms with E-state index in [1.54, 1.807) is 10.3 Å². The van der Waals surface area contributed by atoms with E-state index in [1.807, 2.05) is 36.9 Å². The number of ether oxygens (including phenoxy) is 1. The number of benzene rings is 1. The Bertz CT molecular complexity index is 1060. The SMILES string of the molecule is Cc1ccc(OCC(=O)N2CCC(c3nc(C(=O)N4CCCC(C(N)=O)C4)cs3)CC2)cc1C. The van der Waals surface area contributed by atoms with E-state index >= 15 is 0 Å². The first-order chi connectivity index (χ1) is 16.3. The van der Waals surface area contributed by atoms with Crippen LogP contribution in [0.2, 0.25) is 0 Å². The molecule has 0 aliphatic carbocycles. The van der Waals surface area contributed by atoms with E-state index in [4.69, 9.17) is 10.5 Å². The van der Waals surface area contributed by atoms with Gasteiger partial charge in [-0.05, 0) is 62.8 Å². The molecule has 2 aliphatic rings. The summed E-state index contributed by atoms with van der Waals surface area (Å²) in [6.45, 7) is 6.39. The van der Waals surface area contributed by atoms with E-state index in [9.17, 15) is 14.4 Å². The van der Waals surface area contributed by atoms with Crippen molar-refractivity contribution in [2.24, 2.45) is 11.7 Å². The van der Waals surface area contributed by atoms with Gasteiger partial charge in [-0.3, -0.25) is 14.4 Å². The Labute approximate surface area is 204 Å². The summed E-state index contributed by atoms with van der Waals surface area (Å²) in [5.74, 6) is 0.164. The van der Waals surface area contributed by atoms with Crippen LogP contribution < -0.4 is 10.5 Å². The highest BCUT2D eigenvalue weighted by Gasteiger charge is 2.30. The number of rotatable bonds is 6.